The summed E-state index contributed by atoms with van der Waals surface area (Å²) in [6.45, 7) is 7.38. The van der Waals surface area contributed by atoms with Crippen LogP contribution in [0.3, 0.4) is 0 Å². The normalized spacial score (nSPS) is 23.1. The molecule has 0 saturated carbocycles. The molecule has 0 radical (unpaired) electrons. The van der Waals surface area contributed by atoms with Gasteiger partial charge in [0.15, 0.2) is 11.4 Å². The number of likely N-dealkylation sites (tertiary alicyclic amines) is 1. The molecule has 5 atom stereocenters. The van der Waals surface area contributed by atoms with E-state index >= 15 is 4.79 Å². The molecular formula is C49H51N3O8Si. The van der Waals surface area contributed by atoms with Gasteiger partial charge in [0.25, 0.3) is 11.8 Å². The molecule has 0 unspecified atom stereocenters. The summed E-state index contributed by atoms with van der Waals surface area (Å²) < 4.78 is 24.8. The van der Waals surface area contributed by atoms with Crippen molar-refractivity contribution in [2.75, 3.05) is 37.2 Å². The number of aliphatic hydroxyl groups excluding tert-OH is 1. The fourth-order valence-corrected chi connectivity index (χ4v) is 14.5. The highest BCUT2D eigenvalue weighted by Gasteiger charge is 2.66. The first kappa shape index (κ1) is 40.5. The average molecular weight is 838 g/mol. The number of aliphatic hydroxyl groups is 1. The molecule has 0 bridgehead atoms. The number of para-hydroxylation sites is 3. The molecule has 2 fully saturated rings. The second-order valence-corrected chi connectivity index (χ2v) is 21.8. The third kappa shape index (κ3) is 6.68. The van der Waals surface area contributed by atoms with E-state index in [0.29, 0.717) is 52.0 Å². The van der Waals surface area contributed by atoms with E-state index in [1.54, 1.807) is 41.1 Å². The average Bonchev–Trinajstić information content (AvgIpc) is 3.92. The van der Waals surface area contributed by atoms with Gasteiger partial charge >= 0.3 is 0 Å². The zero-order valence-electron chi connectivity index (χ0n) is 35.2. The summed E-state index contributed by atoms with van der Waals surface area (Å²) in [7, 11) is 0.711. The van der Waals surface area contributed by atoms with E-state index < -0.39 is 19.8 Å². The predicted molar refractivity (Wildman–Crippen MR) is 236 cm³/mol. The van der Waals surface area contributed by atoms with Crippen molar-refractivity contribution in [1.29, 1.82) is 0 Å². The first-order chi connectivity index (χ1) is 29.5. The van der Waals surface area contributed by atoms with Gasteiger partial charge in [0.05, 0.1) is 70.9 Å². The van der Waals surface area contributed by atoms with E-state index in [1.165, 1.54) is 5.19 Å². The summed E-state index contributed by atoms with van der Waals surface area (Å²) in [5, 5.41) is 11.3. The molecule has 3 amide bonds. The highest BCUT2D eigenvalue weighted by atomic mass is 28.3. The number of hydrogen-bond acceptors (Lipinski definition) is 8. The Morgan fingerprint density at radius 1 is 0.852 bits per heavy atom. The lowest BCUT2D eigenvalue weighted by Crippen LogP contribution is -2.52. The molecule has 0 aliphatic carbocycles. The Labute approximate surface area is 357 Å². The maximum Gasteiger partial charge on any atom is 0.266 e. The smallest absolute Gasteiger partial charge is 0.266 e. The van der Waals surface area contributed by atoms with Gasteiger partial charge in [-0.05, 0) is 90.7 Å². The first-order valence-corrected chi connectivity index (χ1v) is 24.1. The Bertz CT molecular complexity index is 2510. The molecule has 1 N–H and O–H groups in total. The molecule has 0 aromatic heterocycles. The van der Waals surface area contributed by atoms with Crippen molar-refractivity contribution in [1.82, 2.24) is 4.90 Å². The van der Waals surface area contributed by atoms with E-state index in [2.05, 4.69) is 32.2 Å². The Hall–Kier alpha value is -5.95. The van der Waals surface area contributed by atoms with Crippen LogP contribution in [-0.2, 0) is 26.5 Å². The van der Waals surface area contributed by atoms with Crippen LogP contribution in [0.2, 0.25) is 18.6 Å². The maximum atomic E-state index is 15.6. The number of hydrogen-bond donors (Lipinski definition) is 1. The number of nitrogens with zero attached hydrogens (tertiary/aromatic N) is 3. The van der Waals surface area contributed by atoms with Crippen molar-refractivity contribution < 1.29 is 38.4 Å². The topological polar surface area (TPSA) is 118 Å². The third-order valence-corrected chi connectivity index (χ3v) is 17.8. The Morgan fingerprint density at radius 3 is 2.33 bits per heavy atom. The molecule has 314 valence electrons. The van der Waals surface area contributed by atoms with Crippen molar-refractivity contribution in [3.05, 3.63) is 132 Å². The second-order valence-electron chi connectivity index (χ2n) is 17.1. The van der Waals surface area contributed by atoms with Crippen molar-refractivity contribution >= 4 is 48.0 Å². The van der Waals surface area contributed by atoms with Gasteiger partial charge < -0.3 is 33.9 Å². The Balaban J connectivity index is 1.11. The van der Waals surface area contributed by atoms with Crippen LogP contribution < -0.4 is 29.2 Å². The van der Waals surface area contributed by atoms with E-state index in [-0.39, 0.29) is 54.8 Å². The van der Waals surface area contributed by atoms with Crippen LogP contribution in [0.15, 0.2) is 115 Å². The summed E-state index contributed by atoms with van der Waals surface area (Å²) in [5.74, 6) is 1.53. The number of carbonyl (C=O) groups excluding carboxylic acids is 3. The van der Waals surface area contributed by atoms with Crippen LogP contribution in [0.1, 0.15) is 47.7 Å². The molecule has 4 aliphatic rings. The minimum Gasteiger partial charge on any atom is -0.497 e. The van der Waals surface area contributed by atoms with Gasteiger partial charge in [-0.3, -0.25) is 19.3 Å². The molecule has 4 heterocycles. The van der Waals surface area contributed by atoms with E-state index in [4.69, 9.17) is 18.9 Å². The molecule has 11 nitrogen and oxygen atoms in total. The van der Waals surface area contributed by atoms with Gasteiger partial charge in [0, 0.05) is 23.7 Å². The summed E-state index contributed by atoms with van der Waals surface area (Å²) in [4.78, 5) is 49.4. The van der Waals surface area contributed by atoms with Crippen LogP contribution in [0.25, 0.3) is 0 Å². The van der Waals surface area contributed by atoms with Gasteiger partial charge in [0.2, 0.25) is 5.91 Å². The second kappa shape index (κ2) is 15.8. The monoisotopic (exact) mass is 837 g/mol. The number of rotatable bonds is 10. The number of benzene rings is 5. The Morgan fingerprint density at radius 2 is 1.57 bits per heavy atom. The molecular weight excluding hydrogens is 787 g/mol. The lowest BCUT2D eigenvalue weighted by atomic mass is 9.82. The number of ether oxygens (including phenoxy) is 4. The minimum atomic E-state index is -2.54. The highest BCUT2D eigenvalue weighted by Crippen LogP contribution is 2.61. The minimum absolute atomic E-state index is 0.0713. The zero-order chi connectivity index (χ0) is 42.6. The molecule has 1 spiro atoms. The van der Waals surface area contributed by atoms with Crippen LogP contribution in [0.5, 0.6) is 23.0 Å². The van der Waals surface area contributed by atoms with E-state index in [1.807, 2.05) is 91.0 Å². The largest absolute Gasteiger partial charge is 0.497 e. The number of carbonyl (C=O) groups is 3. The van der Waals surface area contributed by atoms with E-state index in [0.717, 1.165) is 24.2 Å². The van der Waals surface area contributed by atoms with Gasteiger partial charge in [-0.15, -0.1) is 0 Å². The molecule has 2 saturated heterocycles. The van der Waals surface area contributed by atoms with Gasteiger partial charge in [-0.25, -0.2) is 0 Å². The van der Waals surface area contributed by atoms with Crippen LogP contribution >= 0.6 is 0 Å². The van der Waals surface area contributed by atoms with Crippen molar-refractivity contribution in [2.45, 2.75) is 69.1 Å². The number of methoxy groups -OCH3 is 2. The summed E-state index contributed by atoms with van der Waals surface area (Å²) in [5.41, 5.74) is 2.32. The molecule has 61 heavy (non-hydrogen) atoms. The number of anilines is 3. The van der Waals surface area contributed by atoms with E-state index in [9.17, 15) is 14.7 Å². The molecule has 5 aromatic carbocycles. The van der Waals surface area contributed by atoms with Crippen LogP contribution in [0.4, 0.5) is 17.1 Å². The lowest BCUT2D eigenvalue weighted by Gasteiger charge is -2.37. The quantitative estimate of drug-likeness (QED) is 0.141. The zero-order valence-corrected chi connectivity index (χ0v) is 36.2. The fraction of sp³-hybridized carbons (Fsp3) is 0.327. The molecule has 5 aromatic rings. The molecule has 9 rings (SSSR count). The Kier molecular flexibility index (Phi) is 10.5. The van der Waals surface area contributed by atoms with Crippen LogP contribution in [0, 0.1) is 5.92 Å². The SMILES string of the molecule is COc1ccc([Si](C)(C)[C@H]2[C@H](CC(=O)N3CCC[C@H]3CO)O[C@@]3(C(=O)N(Cc4cccc(N5C(=O)c6ccccc6Oc6ccccc65)c4)c4ccc(OC)cc43)[C@@H]2C)cc1. The fourth-order valence-electron chi connectivity index (χ4n) is 10.5. The van der Waals surface area contributed by atoms with Crippen molar-refractivity contribution in [3.63, 3.8) is 0 Å². The summed E-state index contributed by atoms with van der Waals surface area (Å²) >= 11 is 0. The molecule has 12 heteroatoms. The summed E-state index contributed by atoms with van der Waals surface area (Å²) in [6.07, 6.45) is 1.09. The number of amides is 3. The van der Waals surface area contributed by atoms with Crippen molar-refractivity contribution in [2.24, 2.45) is 5.92 Å². The van der Waals surface area contributed by atoms with Crippen LogP contribution in [-0.4, -0.2) is 75.3 Å². The standard InChI is InChI=1S/C49H51N3O8Si/c1-31-46(61(4,5)37-22-19-35(57-2)20-23-37)44(28-45(54)50-25-11-14-34(50)30-53)60-49(31)39-27-36(58-3)21-24-40(39)51(48(49)56)29-32-12-10-13-33(26-32)52-41-16-7-9-18-43(41)59-42-17-8-6-15-38(42)47(52)55/h6-10,12-13,15-24,26-27,31,34,44,46,53H,11,14,25,28-30H2,1-5H3/t31-,34+,44+,46-,49+/m1/s1. The van der Waals surface area contributed by atoms with Gasteiger partial charge in [0.1, 0.15) is 17.2 Å². The summed E-state index contributed by atoms with van der Waals surface area (Å²) in [6, 6.07) is 36.0. The van der Waals surface area contributed by atoms with Gasteiger partial charge in [-0.1, -0.05) is 73.7 Å². The number of fused-ring (bicyclic) bond motifs is 4. The first-order valence-electron chi connectivity index (χ1n) is 21.0. The maximum absolute atomic E-state index is 15.6. The van der Waals surface area contributed by atoms with Gasteiger partial charge in [-0.2, -0.15) is 0 Å². The highest BCUT2D eigenvalue weighted by molar-refractivity contribution is 6.91. The predicted octanol–water partition coefficient (Wildman–Crippen LogP) is 7.92. The van der Waals surface area contributed by atoms with Crippen molar-refractivity contribution in [3.8, 4) is 23.0 Å². The molecule has 4 aliphatic heterocycles. The third-order valence-electron chi connectivity index (χ3n) is 13.5. The lowest BCUT2D eigenvalue weighted by molar-refractivity contribution is -0.150.